The molecule has 0 spiro atoms. The lowest BCUT2D eigenvalue weighted by Gasteiger charge is -2.13. The zero-order valence-corrected chi connectivity index (χ0v) is 14.6. The fourth-order valence-electron chi connectivity index (χ4n) is 2.22. The van der Waals surface area contributed by atoms with E-state index < -0.39 is 0 Å². The summed E-state index contributed by atoms with van der Waals surface area (Å²) in [6.07, 6.45) is 3.22. The molecular formula is C19H20ClNO3. The Balaban J connectivity index is 2.01. The average molecular weight is 346 g/mol. The van der Waals surface area contributed by atoms with Gasteiger partial charge in [-0.25, -0.2) is 0 Å². The van der Waals surface area contributed by atoms with Crippen LogP contribution >= 0.6 is 11.6 Å². The number of amides is 1. The molecule has 0 aliphatic rings. The fraction of sp³-hybridized carbons (Fsp3) is 0.211. The quantitative estimate of drug-likeness (QED) is 0.796. The van der Waals surface area contributed by atoms with Crippen LogP contribution in [0.4, 0.5) is 0 Å². The summed E-state index contributed by atoms with van der Waals surface area (Å²) < 4.78 is 10.4. The van der Waals surface area contributed by atoms with Crippen LogP contribution in [-0.4, -0.2) is 20.1 Å². The molecule has 0 radical (unpaired) electrons. The van der Waals surface area contributed by atoms with Crippen LogP contribution in [-0.2, 0) is 4.79 Å². The number of nitrogens with one attached hydrogen (secondary N) is 1. The minimum absolute atomic E-state index is 0.107. The fourth-order valence-corrected chi connectivity index (χ4v) is 2.35. The Bertz CT molecular complexity index is 726. The van der Waals surface area contributed by atoms with Crippen LogP contribution in [0.5, 0.6) is 11.5 Å². The van der Waals surface area contributed by atoms with E-state index in [-0.39, 0.29) is 11.9 Å². The molecule has 2 aromatic rings. The molecule has 0 saturated heterocycles. The maximum atomic E-state index is 12.1. The van der Waals surface area contributed by atoms with Gasteiger partial charge < -0.3 is 14.8 Å². The van der Waals surface area contributed by atoms with Crippen LogP contribution in [0.2, 0.25) is 5.02 Å². The Kier molecular flexibility index (Phi) is 6.27. The number of carbonyl (C=O) groups excluding carboxylic acids is 1. The number of hydrogen-bond donors (Lipinski definition) is 1. The maximum absolute atomic E-state index is 12.1. The predicted octanol–water partition coefficient (Wildman–Crippen LogP) is 4.25. The first-order valence-electron chi connectivity index (χ1n) is 7.49. The first-order valence-corrected chi connectivity index (χ1v) is 7.87. The minimum atomic E-state index is -0.174. The van der Waals surface area contributed by atoms with Crippen molar-refractivity contribution in [2.45, 2.75) is 13.0 Å². The van der Waals surface area contributed by atoms with Crippen molar-refractivity contribution in [3.8, 4) is 11.5 Å². The van der Waals surface area contributed by atoms with Crippen LogP contribution in [0.15, 0.2) is 48.5 Å². The molecule has 0 aliphatic carbocycles. The van der Waals surface area contributed by atoms with Gasteiger partial charge in [-0.15, -0.1) is 0 Å². The summed E-state index contributed by atoms with van der Waals surface area (Å²) in [5.74, 6) is 1.09. The molecular weight excluding hydrogens is 326 g/mol. The summed E-state index contributed by atoms with van der Waals surface area (Å²) in [4.78, 5) is 12.1. The molecule has 1 N–H and O–H groups in total. The third-order valence-electron chi connectivity index (χ3n) is 3.56. The Labute approximate surface area is 147 Å². The molecule has 0 aromatic heterocycles. The van der Waals surface area contributed by atoms with Gasteiger partial charge in [-0.3, -0.25) is 4.79 Å². The van der Waals surface area contributed by atoms with Crippen LogP contribution in [0.3, 0.4) is 0 Å². The van der Waals surface area contributed by atoms with E-state index in [2.05, 4.69) is 5.32 Å². The molecule has 1 amide bonds. The van der Waals surface area contributed by atoms with E-state index in [0.717, 1.165) is 11.1 Å². The number of halogens is 1. The van der Waals surface area contributed by atoms with Gasteiger partial charge in [-0.05, 0) is 48.4 Å². The van der Waals surface area contributed by atoms with Gasteiger partial charge in [0.15, 0.2) is 11.5 Å². The van der Waals surface area contributed by atoms with Crippen molar-refractivity contribution in [1.82, 2.24) is 5.32 Å². The van der Waals surface area contributed by atoms with Crippen molar-refractivity contribution < 1.29 is 14.3 Å². The van der Waals surface area contributed by atoms with Crippen molar-refractivity contribution in [3.63, 3.8) is 0 Å². The number of hydrogen-bond acceptors (Lipinski definition) is 3. The zero-order valence-electron chi connectivity index (χ0n) is 13.9. The lowest BCUT2D eigenvalue weighted by Crippen LogP contribution is -2.24. The standard InChI is InChI=1S/C19H20ClNO3/c1-13(15-6-8-16(20)9-7-15)21-19(22)11-5-14-4-10-17(23-2)18(12-14)24-3/h4-13H,1-3H3,(H,21,22)/b11-5+. The molecule has 0 bridgehead atoms. The van der Waals surface area contributed by atoms with E-state index in [9.17, 15) is 4.79 Å². The van der Waals surface area contributed by atoms with Crippen LogP contribution in [0, 0.1) is 0 Å². The molecule has 1 unspecified atom stereocenters. The minimum Gasteiger partial charge on any atom is -0.493 e. The highest BCUT2D eigenvalue weighted by molar-refractivity contribution is 6.30. The Morgan fingerprint density at radius 2 is 1.75 bits per heavy atom. The second-order valence-corrected chi connectivity index (χ2v) is 5.67. The molecule has 126 valence electrons. The first-order chi connectivity index (χ1) is 11.5. The lowest BCUT2D eigenvalue weighted by atomic mass is 10.1. The largest absolute Gasteiger partial charge is 0.493 e. The third-order valence-corrected chi connectivity index (χ3v) is 3.82. The topological polar surface area (TPSA) is 47.6 Å². The van der Waals surface area contributed by atoms with Gasteiger partial charge in [0.1, 0.15) is 0 Å². The second-order valence-electron chi connectivity index (χ2n) is 5.23. The number of ether oxygens (including phenoxy) is 2. The Morgan fingerprint density at radius 3 is 2.38 bits per heavy atom. The maximum Gasteiger partial charge on any atom is 0.244 e. The smallest absolute Gasteiger partial charge is 0.244 e. The van der Waals surface area contributed by atoms with Crippen molar-refractivity contribution in [2.24, 2.45) is 0 Å². The Morgan fingerprint density at radius 1 is 1.08 bits per heavy atom. The highest BCUT2D eigenvalue weighted by Gasteiger charge is 2.07. The van der Waals surface area contributed by atoms with Gasteiger partial charge in [0, 0.05) is 11.1 Å². The first kappa shape index (κ1) is 17.9. The van der Waals surface area contributed by atoms with E-state index in [1.54, 1.807) is 38.5 Å². The summed E-state index contributed by atoms with van der Waals surface area (Å²) >= 11 is 5.87. The summed E-state index contributed by atoms with van der Waals surface area (Å²) in [7, 11) is 3.16. The molecule has 5 heteroatoms. The van der Waals surface area contributed by atoms with Crippen molar-refractivity contribution >= 4 is 23.6 Å². The van der Waals surface area contributed by atoms with Crippen LogP contribution in [0.25, 0.3) is 6.08 Å². The number of carbonyl (C=O) groups is 1. The summed E-state index contributed by atoms with van der Waals surface area (Å²) in [5, 5.41) is 3.58. The van der Waals surface area contributed by atoms with Gasteiger partial charge in [0.25, 0.3) is 0 Å². The predicted molar refractivity (Wildman–Crippen MR) is 96.6 cm³/mol. The highest BCUT2D eigenvalue weighted by Crippen LogP contribution is 2.28. The SMILES string of the molecule is COc1ccc(/C=C/C(=O)NC(C)c2ccc(Cl)cc2)cc1OC. The van der Waals surface area contributed by atoms with Crippen LogP contribution < -0.4 is 14.8 Å². The van der Waals surface area contributed by atoms with E-state index in [0.29, 0.717) is 16.5 Å². The molecule has 0 aliphatic heterocycles. The molecule has 0 fully saturated rings. The van der Waals surface area contributed by atoms with Crippen molar-refractivity contribution in [3.05, 3.63) is 64.7 Å². The van der Waals surface area contributed by atoms with Crippen LogP contribution in [0.1, 0.15) is 24.1 Å². The summed E-state index contributed by atoms with van der Waals surface area (Å²) in [6.45, 7) is 1.92. The second kappa shape index (κ2) is 8.41. The zero-order chi connectivity index (χ0) is 17.5. The normalized spacial score (nSPS) is 12.0. The van der Waals surface area contributed by atoms with Crippen molar-refractivity contribution in [1.29, 1.82) is 0 Å². The molecule has 2 aromatic carbocycles. The Hall–Kier alpha value is -2.46. The van der Waals surface area contributed by atoms with Gasteiger partial charge in [0.05, 0.1) is 20.3 Å². The average Bonchev–Trinajstić information content (AvgIpc) is 2.60. The monoisotopic (exact) mass is 345 g/mol. The number of rotatable bonds is 6. The third kappa shape index (κ3) is 4.77. The number of methoxy groups -OCH3 is 2. The molecule has 0 heterocycles. The van der Waals surface area contributed by atoms with E-state index in [1.165, 1.54) is 6.08 Å². The van der Waals surface area contributed by atoms with Gasteiger partial charge in [-0.2, -0.15) is 0 Å². The molecule has 0 saturated carbocycles. The molecule has 24 heavy (non-hydrogen) atoms. The molecule has 4 nitrogen and oxygen atoms in total. The van der Waals surface area contributed by atoms with E-state index in [1.807, 2.05) is 31.2 Å². The van der Waals surface area contributed by atoms with E-state index >= 15 is 0 Å². The lowest BCUT2D eigenvalue weighted by molar-refractivity contribution is -0.117. The summed E-state index contributed by atoms with van der Waals surface area (Å²) in [6, 6.07) is 12.8. The molecule has 2 rings (SSSR count). The van der Waals surface area contributed by atoms with Gasteiger partial charge in [-0.1, -0.05) is 29.8 Å². The van der Waals surface area contributed by atoms with Crippen molar-refractivity contribution in [2.75, 3.05) is 14.2 Å². The molecule has 1 atom stereocenters. The number of benzene rings is 2. The van der Waals surface area contributed by atoms with E-state index in [4.69, 9.17) is 21.1 Å². The summed E-state index contributed by atoms with van der Waals surface area (Å²) in [5.41, 5.74) is 1.84. The highest BCUT2D eigenvalue weighted by atomic mass is 35.5. The van der Waals surface area contributed by atoms with Gasteiger partial charge >= 0.3 is 0 Å². The van der Waals surface area contributed by atoms with Gasteiger partial charge in [0.2, 0.25) is 5.91 Å².